The van der Waals surface area contributed by atoms with Crippen molar-refractivity contribution in [2.45, 2.75) is 6.42 Å². The summed E-state index contributed by atoms with van der Waals surface area (Å²) in [5.74, 6) is 0.903. The molecule has 0 fully saturated rings. The first-order chi connectivity index (χ1) is 6.70. The van der Waals surface area contributed by atoms with E-state index in [1.807, 2.05) is 12.2 Å². The van der Waals surface area contributed by atoms with Gasteiger partial charge in [0, 0.05) is 18.8 Å². The summed E-state index contributed by atoms with van der Waals surface area (Å²) in [5, 5.41) is 7.24. The molecule has 0 radical (unpaired) electrons. The lowest BCUT2D eigenvalue weighted by Gasteiger charge is -2.17. The first kappa shape index (κ1) is 13.3. The van der Waals surface area contributed by atoms with Gasteiger partial charge in [0.15, 0.2) is 5.17 Å². The fourth-order valence-corrected chi connectivity index (χ4v) is 1.59. The first-order valence-corrected chi connectivity index (χ1v) is 5.60. The summed E-state index contributed by atoms with van der Waals surface area (Å²) in [6.45, 7) is 10.2. The predicted molar refractivity (Wildman–Crippen MR) is 65.8 cm³/mol. The number of nitrogens with one attached hydrogen (secondary N) is 1. The number of nitrogens with two attached hydrogens (primary N) is 1. The van der Waals surface area contributed by atoms with E-state index in [-0.39, 0.29) is 5.17 Å². The summed E-state index contributed by atoms with van der Waals surface area (Å²) >= 11 is 1.39. The van der Waals surface area contributed by atoms with Crippen LogP contribution in [-0.4, -0.2) is 35.5 Å². The average Bonchev–Trinajstić information content (AvgIpc) is 2.12. The molecule has 0 amide bonds. The molecular formula is C10H19N3S. The fourth-order valence-electron chi connectivity index (χ4n) is 1.09. The van der Waals surface area contributed by atoms with Crippen molar-refractivity contribution in [1.29, 1.82) is 5.41 Å². The Bertz CT molecular complexity index is 182. The number of hydrogen-bond acceptors (Lipinski definition) is 3. The molecule has 0 aromatic carbocycles. The normalized spacial score (nSPS) is 10.1. The number of hydrogen-bond donors (Lipinski definition) is 2. The van der Waals surface area contributed by atoms with Gasteiger partial charge in [0.1, 0.15) is 0 Å². The van der Waals surface area contributed by atoms with Crippen molar-refractivity contribution >= 4 is 16.9 Å². The van der Waals surface area contributed by atoms with E-state index in [9.17, 15) is 0 Å². The molecule has 0 saturated heterocycles. The molecular weight excluding hydrogens is 194 g/mol. The maximum absolute atomic E-state index is 7.04. The van der Waals surface area contributed by atoms with Crippen LogP contribution in [0.2, 0.25) is 0 Å². The smallest absolute Gasteiger partial charge is 0.151 e. The van der Waals surface area contributed by atoms with E-state index in [0.29, 0.717) is 0 Å². The van der Waals surface area contributed by atoms with E-state index in [1.54, 1.807) is 0 Å². The number of nitrogens with zero attached hydrogens (tertiary/aromatic N) is 1. The highest BCUT2D eigenvalue weighted by atomic mass is 32.2. The Morgan fingerprint density at radius 3 is 2.36 bits per heavy atom. The molecule has 0 bridgehead atoms. The Labute approximate surface area is 90.6 Å². The van der Waals surface area contributed by atoms with Crippen molar-refractivity contribution in [2.75, 3.05) is 25.4 Å². The SMILES string of the molecule is C=CCN(CC=C)CCCSC(=N)N. The van der Waals surface area contributed by atoms with Gasteiger partial charge in [-0.25, -0.2) is 0 Å². The second kappa shape index (κ2) is 8.84. The number of amidine groups is 1. The zero-order valence-electron chi connectivity index (χ0n) is 8.54. The van der Waals surface area contributed by atoms with Gasteiger partial charge in [-0.3, -0.25) is 10.3 Å². The molecule has 0 aliphatic carbocycles. The van der Waals surface area contributed by atoms with Gasteiger partial charge >= 0.3 is 0 Å². The van der Waals surface area contributed by atoms with E-state index in [2.05, 4.69) is 18.1 Å². The minimum Gasteiger partial charge on any atom is -0.379 e. The monoisotopic (exact) mass is 213 g/mol. The second-order valence-electron chi connectivity index (χ2n) is 2.90. The maximum Gasteiger partial charge on any atom is 0.151 e. The Kier molecular flexibility index (Phi) is 8.37. The summed E-state index contributed by atoms with van der Waals surface area (Å²) in [5.41, 5.74) is 5.23. The summed E-state index contributed by atoms with van der Waals surface area (Å²) in [7, 11) is 0. The van der Waals surface area contributed by atoms with Crippen molar-refractivity contribution in [1.82, 2.24) is 4.90 Å². The van der Waals surface area contributed by atoms with Gasteiger partial charge in [-0.1, -0.05) is 23.9 Å². The summed E-state index contributed by atoms with van der Waals surface area (Å²) in [6, 6.07) is 0. The first-order valence-electron chi connectivity index (χ1n) is 4.61. The predicted octanol–water partition coefficient (Wildman–Crippen LogP) is 1.68. The average molecular weight is 213 g/mol. The van der Waals surface area contributed by atoms with Gasteiger partial charge in [0.25, 0.3) is 0 Å². The van der Waals surface area contributed by atoms with E-state index in [1.165, 1.54) is 11.8 Å². The van der Waals surface area contributed by atoms with Crippen LogP contribution in [0.15, 0.2) is 25.3 Å². The molecule has 0 aliphatic heterocycles. The van der Waals surface area contributed by atoms with Gasteiger partial charge in [0.2, 0.25) is 0 Å². The Balaban J connectivity index is 3.53. The van der Waals surface area contributed by atoms with Crippen molar-refractivity contribution in [3.8, 4) is 0 Å². The molecule has 0 aliphatic rings. The molecule has 0 aromatic heterocycles. The van der Waals surface area contributed by atoms with Gasteiger partial charge in [0.05, 0.1) is 0 Å². The molecule has 80 valence electrons. The lowest BCUT2D eigenvalue weighted by atomic mass is 10.4. The van der Waals surface area contributed by atoms with Crippen molar-refractivity contribution in [3.63, 3.8) is 0 Å². The molecule has 0 heterocycles. The zero-order valence-corrected chi connectivity index (χ0v) is 9.35. The van der Waals surface area contributed by atoms with Gasteiger partial charge < -0.3 is 5.73 Å². The highest BCUT2D eigenvalue weighted by Gasteiger charge is 2.00. The standard InChI is InChI=1S/C10H19N3S/c1-3-6-13(7-4-2)8-5-9-14-10(11)12/h3-4H,1-2,5-9H2,(H3,11,12). The fraction of sp³-hybridized carbons (Fsp3) is 0.500. The summed E-state index contributed by atoms with van der Waals surface area (Å²) in [6.07, 6.45) is 4.81. The summed E-state index contributed by atoms with van der Waals surface area (Å²) < 4.78 is 0. The molecule has 14 heavy (non-hydrogen) atoms. The highest BCUT2D eigenvalue weighted by Crippen LogP contribution is 2.02. The number of thioether (sulfide) groups is 1. The van der Waals surface area contributed by atoms with E-state index < -0.39 is 0 Å². The summed E-state index contributed by atoms with van der Waals surface area (Å²) in [4.78, 5) is 2.25. The van der Waals surface area contributed by atoms with Crippen LogP contribution in [0.4, 0.5) is 0 Å². The zero-order chi connectivity index (χ0) is 10.8. The molecule has 0 spiro atoms. The van der Waals surface area contributed by atoms with Crippen molar-refractivity contribution in [3.05, 3.63) is 25.3 Å². The quantitative estimate of drug-likeness (QED) is 0.279. The minimum atomic E-state index is 0.198. The van der Waals surface area contributed by atoms with Crippen LogP contribution >= 0.6 is 11.8 Å². The van der Waals surface area contributed by atoms with E-state index >= 15 is 0 Å². The van der Waals surface area contributed by atoms with Crippen molar-refractivity contribution < 1.29 is 0 Å². The largest absolute Gasteiger partial charge is 0.379 e. The molecule has 3 N–H and O–H groups in total. The van der Waals surface area contributed by atoms with E-state index in [0.717, 1.165) is 31.8 Å². The van der Waals surface area contributed by atoms with Gasteiger partial charge in [-0.15, -0.1) is 13.2 Å². The molecule has 0 aromatic rings. The lowest BCUT2D eigenvalue weighted by molar-refractivity contribution is 0.337. The van der Waals surface area contributed by atoms with E-state index in [4.69, 9.17) is 11.1 Å². The minimum absolute atomic E-state index is 0.198. The van der Waals surface area contributed by atoms with Crippen molar-refractivity contribution in [2.24, 2.45) is 5.73 Å². The third-order valence-corrected chi connectivity index (χ3v) is 2.45. The maximum atomic E-state index is 7.04. The Morgan fingerprint density at radius 2 is 1.93 bits per heavy atom. The van der Waals surface area contributed by atoms with Crippen LogP contribution in [0.5, 0.6) is 0 Å². The van der Waals surface area contributed by atoms with Crippen LogP contribution in [0, 0.1) is 5.41 Å². The Hall–Kier alpha value is -0.740. The molecule has 0 atom stereocenters. The van der Waals surface area contributed by atoms with Crippen LogP contribution in [0.1, 0.15) is 6.42 Å². The van der Waals surface area contributed by atoms with Crippen LogP contribution in [0.3, 0.4) is 0 Å². The molecule has 3 nitrogen and oxygen atoms in total. The molecule has 0 rings (SSSR count). The number of rotatable bonds is 8. The third kappa shape index (κ3) is 7.89. The van der Waals surface area contributed by atoms with Gasteiger partial charge in [-0.05, 0) is 13.0 Å². The topological polar surface area (TPSA) is 53.1 Å². The van der Waals surface area contributed by atoms with Gasteiger partial charge in [-0.2, -0.15) is 0 Å². The second-order valence-corrected chi connectivity index (χ2v) is 4.04. The molecule has 0 saturated carbocycles. The Morgan fingerprint density at radius 1 is 1.36 bits per heavy atom. The van der Waals surface area contributed by atoms with Crippen LogP contribution < -0.4 is 5.73 Å². The van der Waals surface area contributed by atoms with Crippen LogP contribution in [0.25, 0.3) is 0 Å². The lowest BCUT2D eigenvalue weighted by Crippen LogP contribution is -2.25. The highest BCUT2D eigenvalue weighted by molar-refractivity contribution is 8.13. The molecule has 0 unspecified atom stereocenters. The molecule has 4 heteroatoms. The van der Waals surface area contributed by atoms with Crippen LogP contribution in [-0.2, 0) is 0 Å². The third-order valence-electron chi connectivity index (χ3n) is 1.65.